The number of hydrogen-bond acceptors (Lipinski definition) is 0. The molecule has 0 unspecified atom stereocenters. The number of alkyl halides is 3. The Morgan fingerprint density at radius 3 is 2.06 bits per heavy atom. The topological polar surface area (TPSA) is 0 Å². The monoisotopic (exact) mass is 256 g/mol. The maximum absolute atomic E-state index is 12.5. The van der Waals surface area contributed by atoms with Gasteiger partial charge < -0.3 is 0 Å². The fourth-order valence-corrected chi connectivity index (χ4v) is 1.64. The van der Waals surface area contributed by atoms with Crippen molar-refractivity contribution in [2.45, 2.75) is 6.18 Å². The Hall–Kier alpha value is -1.48. The van der Waals surface area contributed by atoms with Crippen LogP contribution in [0.4, 0.5) is 13.2 Å². The van der Waals surface area contributed by atoms with Crippen LogP contribution in [0.2, 0.25) is 5.02 Å². The molecule has 0 aliphatic heterocycles. The van der Waals surface area contributed by atoms with Crippen LogP contribution in [0.5, 0.6) is 0 Å². The summed E-state index contributed by atoms with van der Waals surface area (Å²) in [5.41, 5.74) is 0.585. The Labute approximate surface area is 102 Å². The predicted octanol–water partition coefficient (Wildman–Crippen LogP) is 5.03. The maximum atomic E-state index is 12.5. The average molecular weight is 257 g/mol. The molecule has 0 amide bonds. The van der Waals surface area contributed by atoms with Crippen LogP contribution in [0.1, 0.15) is 5.56 Å². The average Bonchev–Trinajstić information content (AvgIpc) is 2.29. The lowest BCUT2D eigenvalue weighted by Gasteiger charge is -2.08. The van der Waals surface area contributed by atoms with Crippen molar-refractivity contribution in [3.63, 3.8) is 0 Å². The third-order valence-corrected chi connectivity index (χ3v) is 2.62. The van der Waals surface area contributed by atoms with Gasteiger partial charge in [0.15, 0.2) is 0 Å². The number of halogens is 4. The van der Waals surface area contributed by atoms with Crippen LogP contribution in [0.15, 0.2) is 48.5 Å². The zero-order valence-electron chi connectivity index (χ0n) is 8.63. The van der Waals surface area contributed by atoms with Crippen molar-refractivity contribution in [1.29, 1.82) is 0 Å². The molecule has 0 bridgehead atoms. The van der Waals surface area contributed by atoms with E-state index >= 15 is 0 Å². The number of hydrogen-bond donors (Lipinski definition) is 0. The number of rotatable bonds is 1. The quantitative estimate of drug-likeness (QED) is 0.672. The molecule has 2 aromatic rings. The molecule has 88 valence electrons. The van der Waals surface area contributed by atoms with E-state index in [9.17, 15) is 13.2 Å². The molecule has 0 fully saturated rings. The first-order chi connectivity index (χ1) is 7.97. The zero-order chi connectivity index (χ0) is 12.5. The summed E-state index contributed by atoms with van der Waals surface area (Å²) in [6.07, 6.45) is -4.32. The van der Waals surface area contributed by atoms with Gasteiger partial charge in [0.05, 0.1) is 5.56 Å². The molecule has 0 aliphatic rings. The SMILES string of the molecule is FC(F)(F)c1cccc(-c2ccc(Cl)cc2)c1. The summed E-state index contributed by atoms with van der Waals surface area (Å²) in [6, 6.07) is 11.9. The van der Waals surface area contributed by atoms with Gasteiger partial charge in [0.1, 0.15) is 0 Å². The second kappa shape index (κ2) is 4.41. The fourth-order valence-electron chi connectivity index (χ4n) is 1.52. The molecule has 0 atom stereocenters. The molecular weight excluding hydrogens is 249 g/mol. The molecule has 0 aliphatic carbocycles. The van der Waals surface area contributed by atoms with Crippen LogP contribution in [-0.2, 0) is 6.18 Å². The lowest BCUT2D eigenvalue weighted by molar-refractivity contribution is -0.137. The van der Waals surface area contributed by atoms with Gasteiger partial charge in [-0.3, -0.25) is 0 Å². The van der Waals surface area contributed by atoms with Gasteiger partial charge in [-0.2, -0.15) is 13.2 Å². The summed E-state index contributed by atoms with van der Waals surface area (Å²) in [6.45, 7) is 0. The highest BCUT2D eigenvalue weighted by Crippen LogP contribution is 2.32. The lowest BCUT2D eigenvalue weighted by atomic mass is 10.0. The molecule has 0 N–H and O–H groups in total. The van der Waals surface area contributed by atoms with Gasteiger partial charge in [0.25, 0.3) is 0 Å². The molecule has 0 saturated heterocycles. The molecule has 0 spiro atoms. The molecule has 0 aromatic heterocycles. The number of benzene rings is 2. The summed E-state index contributed by atoms with van der Waals surface area (Å²) in [4.78, 5) is 0. The Morgan fingerprint density at radius 1 is 0.824 bits per heavy atom. The molecule has 0 nitrogen and oxygen atoms in total. The molecular formula is C13H8ClF3. The highest BCUT2D eigenvalue weighted by molar-refractivity contribution is 6.30. The van der Waals surface area contributed by atoms with E-state index in [4.69, 9.17) is 11.6 Å². The first-order valence-corrected chi connectivity index (χ1v) is 5.28. The van der Waals surface area contributed by atoms with Crippen molar-refractivity contribution in [3.8, 4) is 11.1 Å². The molecule has 4 heteroatoms. The smallest absolute Gasteiger partial charge is 0.166 e. The standard InChI is InChI=1S/C13H8ClF3/c14-12-6-4-9(5-7-12)10-2-1-3-11(8-10)13(15,16)17/h1-8H. The Bertz CT molecular complexity index is 515. The van der Waals surface area contributed by atoms with Crippen molar-refractivity contribution in [1.82, 2.24) is 0 Å². The van der Waals surface area contributed by atoms with Gasteiger partial charge in [-0.25, -0.2) is 0 Å². The van der Waals surface area contributed by atoms with Gasteiger partial charge in [0, 0.05) is 5.02 Å². The molecule has 17 heavy (non-hydrogen) atoms. The minimum atomic E-state index is -4.32. The van der Waals surface area contributed by atoms with Crippen molar-refractivity contribution in [3.05, 3.63) is 59.1 Å². The Kier molecular flexibility index (Phi) is 3.11. The van der Waals surface area contributed by atoms with E-state index in [1.54, 1.807) is 30.3 Å². The zero-order valence-corrected chi connectivity index (χ0v) is 9.39. The summed E-state index contributed by atoms with van der Waals surface area (Å²) in [5, 5.41) is 0.556. The third kappa shape index (κ3) is 2.80. The van der Waals surface area contributed by atoms with Crippen LogP contribution < -0.4 is 0 Å². The molecule has 2 rings (SSSR count). The van der Waals surface area contributed by atoms with Crippen LogP contribution >= 0.6 is 11.6 Å². The Balaban J connectivity index is 2.43. The molecule has 0 radical (unpaired) electrons. The largest absolute Gasteiger partial charge is 0.416 e. The van der Waals surface area contributed by atoms with Gasteiger partial charge in [-0.1, -0.05) is 35.9 Å². The van der Waals surface area contributed by atoms with Crippen LogP contribution in [0, 0.1) is 0 Å². The normalized spacial score (nSPS) is 11.5. The van der Waals surface area contributed by atoms with Crippen molar-refractivity contribution in [2.75, 3.05) is 0 Å². The Morgan fingerprint density at radius 2 is 1.47 bits per heavy atom. The van der Waals surface area contributed by atoms with Crippen LogP contribution in [-0.4, -0.2) is 0 Å². The van der Waals surface area contributed by atoms with Crippen LogP contribution in [0.3, 0.4) is 0 Å². The summed E-state index contributed by atoms with van der Waals surface area (Å²) in [7, 11) is 0. The summed E-state index contributed by atoms with van der Waals surface area (Å²) in [5.74, 6) is 0. The van der Waals surface area contributed by atoms with E-state index in [-0.39, 0.29) is 0 Å². The van der Waals surface area contributed by atoms with Crippen LogP contribution in [0.25, 0.3) is 11.1 Å². The minimum absolute atomic E-state index is 0.525. The molecule has 2 aromatic carbocycles. The van der Waals surface area contributed by atoms with E-state index in [1.807, 2.05) is 0 Å². The second-order valence-corrected chi connectivity index (χ2v) is 4.02. The first-order valence-electron chi connectivity index (χ1n) is 4.90. The third-order valence-electron chi connectivity index (χ3n) is 2.37. The predicted molar refractivity (Wildman–Crippen MR) is 61.9 cm³/mol. The lowest BCUT2D eigenvalue weighted by Crippen LogP contribution is -2.04. The summed E-state index contributed by atoms with van der Waals surface area (Å²) >= 11 is 5.72. The van der Waals surface area contributed by atoms with E-state index in [1.165, 1.54) is 6.07 Å². The van der Waals surface area contributed by atoms with Gasteiger partial charge in [-0.05, 0) is 35.4 Å². The van der Waals surface area contributed by atoms with Gasteiger partial charge in [-0.15, -0.1) is 0 Å². The first kappa shape index (κ1) is 12.0. The minimum Gasteiger partial charge on any atom is -0.166 e. The summed E-state index contributed by atoms with van der Waals surface area (Å²) < 4.78 is 37.6. The highest BCUT2D eigenvalue weighted by atomic mass is 35.5. The van der Waals surface area contributed by atoms with Crippen molar-refractivity contribution in [2.24, 2.45) is 0 Å². The fraction of sp³-hybridized carbons (Fsp3) is 0.0769. The highest BCUT2D eigenvalue weighted by Gasteiger charge is 2.30. The van der Waals surface area contributed by atoms with Crippen molar-refractivity contribution < 1.29 is 13.2 Å². The van der Waals surface area contributed by atoms with E-state index in [0.29, 0.717) is 16.1 Å². The van der Waals surface area contributed by atoms with E-state index in [2.05, 4.69) is 0 Å². The van der Waals surface area contributed by atoms with Gasteiger partial charge in [0.2, 0.25) is 0 Å². The maximum Gasteiger partial charge on any atom is 0.416 e. The van der Waals surface area contributed by atoms with E-state index in [0.717, 1.165) is 12.1 Å². The van der Waals surface area contributed by atoms with Crippen molar-refractivity contribution >= 4 is 11.6 Å². The molecule has 0 saturated carbocycles. The second-order valence-electron chi connectivity index (χ2n) is 3.59. The molecule has 0 heterocycles. The van der Waals surface area contributed by atoms with Gasteiger partial charge >= 0.3 is 6.18 Å². The van der Waals surface area contributed by atoms with E-state index < -0.39 is 11.7 Å².